The fourth-order valence-corrected chi connectivity index (χ4v) is 0.797. The van der Waals surface area contributed by atoms with Gasteiger partial charge in [0, 0.05) is 6.42 Å². The quantitative estimate of drug-likeness (QED) is 0.667. The maximum Gasteiger partial charge on any atom is 0.226 e. The van der Waals surface area contributed by atoms with Gasteiger partial charge in [-0.1, -0.05) is 25.9 Å². The summed E-state index contributed by atoms with van der Waals surface area (Å²) in [4.78, 5) is 3.96. The highest BCUT2D eigenvalue weighted by Gasteiger charge is 2.10. The SMILES string of the molecule is CC(C)C(C)Cc1ncno1. The Morgan fingerprint density at radius 2 is 2.18 bits per heavy atom. The summed E-state index contributed by atoms with van der Waals surface area (Å²) >= 11 is 0. The minimum atomic E-state index is 0.607. The summed E-state index contributed by atoms with van der Waals surface area (Å²) in [7, 11) is 0. The molecule has 0 N–H and O–H groups in total. The summed E-state index contributed by atoms with van der Waals surface area (Å²) in [6.45, 7) is 6.58. The van der Waals surface area contributed by atoms with Gasteiger partial charge in [-0.2, -0.15) is 4.98 Å². The Bertz CT molecular complexity index is 194. The lowest BCUT2D eigenvalue weighted by atomic mass is 9.95. The van der Waals surface area contributed by atoms with Crippen LogP contribution in [0.3, 0.4) is 0 Å². The van der Waals surface area contributed by atoms with Crippen LogP contribution >= 0.6 is 0 Å². The molecular formula is C8H14N2O. The first-order valence-corrected chi connectivity index (χ1v) is 3.95. The average Bonchev–Trinajstić information content (AvgIpc) is 2.39. The highest BCUT2D eigenvalue weighted by molar-refractivity contribution is 4.77. The molecule has 0 aliphatic heterocycles. The lowest BCUT2D eigenvalue weighted by molar-refractivity contribution is 0.327. The zero-order chi connectivity index (χ0) is 8.27. The van der Waals surface area contributed by atoms with E-state index in [-0.39, 0.29) is 0 Å². The predicted octanol–water partition coefficient (Wildman–Crippen LogP) is 1.90. The van der Waals surface area contributed by atoms with Gasteiger partial charge >= 0.3 is 0 Å². The summed E-state index contributed by atoms with van der Waals surface area (Å²) in [5.41, 5.74) is 0. The van der Waals surface area contributed by atoms with Crippen molar-refractivity contribution in [1.82, 2.24) is 10.1 Å². The largest absolute Gasteiger partial charge is 0.340 e. The van der Waals surface area contributed by atoms with Crippen LogP contribution in [0.4, 0.5) is 0 Å². The standard InChI is InChI=1S/C8H14N2O/c1-6(2)7(3)4-8-9-5-10-11-8/h5-7H,4H2,1-3H3. The molecule has 0 saturated heterocycles. The molecule has 0 fully saturated rings. The van der Waals surface area contributed by atoms with E-state index in [0.717, 1.165) is 12.3 Å². The lowest BCUT2D eigenvalue weighted by Gasteiger charge is -2.11. The first kappa shape index (κ1) is 8.24. The molecule has 62 valence electrons. The van der Waals surface area contributed by atoms with E-state index in [1.807, 2.05) is 0 Å². The highest BCUT2D eigenvalue weighted by atomic mass is 16.5. The van der Waals surface area contributed by atoms with Gasteiger partial charge in [0.2, 0.25) is 5.89 Å². The summed E-state index contributed by atoms with van der Waals surface area (Å²) in [5, 5.41) is 3.55. The third-order valence-corrected chi connectivity index (χ3v) is 2.04. The van der Waals surface area contributed by atoms with Gasteiger partial charge in [-0.25, -0.2) is 0 Å². The van der Waals surface area contributed by atoms with Crippen molar-refractivity contribution in [2.24, 2.45) is 11.8 Å². The molecule has 0 aliphatic carbocycles. The van der Waals surface area contributed by atoms with Gasteiger partial charge < -0.3 is 4.52 Å². The summed E-state index contributed by atoms with van der Waals surface area (Å²) in [6, 6.07) is 0. The third-order valence-electron chi connectivity index (χ3n) is 2.04. The second-order valence-electron chi connectivity index (χ2n) is 3.26. The van der Waals surface area contributed by atoms with E-state index >= 15 is 0 Å². The molecule has 0 bridgehead atoms. The second-order valence-corrected chi connectivity index (χ2v) is 3.26. The Balaban J connectivity index is 2.43. The molecule has 1 heterocycles. The van der Waals surface area contributed by atoms with Crippen LogP contribution in [0, 0.1) is 11.8 Å². The van der Waals surface area contributed by atoms with E-state index in [2.05, 4.69) is 30.9 Å². The van der Waals surface area contributed by atoms with Gasteiger partial charge in [-0.05, 0) is 11.8 Å². The zero-order valence-electron chi connectivity index (χ0n) is 7.24. The Hall–Kier alpha value is -0.860. The molecule has 11 heavy (non-hydrogen) atoms. The van der Waals surface area contributed by atoms with E-state index in [1.54, 1.807) is 0 Å². The smallest absolute Gasteiger partial charge is 0.226 e. The van der Waals surface area contributed by atoms with Crippen LogP contribution in [0.5, 0.6) is 0 Å². The van der Waals surface area contributed by atoms with Gasteiger partial charge in [0.25, 0.3) is 0 Å². The number of nitrogens with zero attached hydrogens (tertiary/aromatic N) is 2. The molecule has 3 heteroatoms. The number of hydrogen-bond donors (Lipinski definition) is 0. The minimum Gasteiger partial charge on any atom is -0.340 e. The molecule has 1 aromatic heterocycles. The molecule has 0 radical (unpaired) electrons. The van der Waals surface area contributed by atoms with Crippen molar-refractivity contribution in [3.05, 3.63) is 12.2 Å². The summed E-state index contributed by atoms with van der Waals surface area (Å²) in [6.07, 6.45) is 2.33. The Labute approximate surface area is 66.8 Å². The first-order valence-electron chi connectivity index (χ1n) is 3.95. The van der Waals surface area contributed by atoms with Crippen molar-refractivity contribution in [3.63, 3.8) is 0 Å². The Kier molecular flexibility index (Phi) is 2.63. The monoisotopic (exact) mass is 154 g/mol. The fraction of sp³-hybridized carbons (Fsp3) is 0.750. The maximum absolute atomic E-state index is 4.89. The fourth-order valence-electron chi connectivity index (χ4n) is 0.797. The van der Waals surface area contributed by atoms with E-state index in [0.29, 0.717) is 11.8 Å². The van der Waals surface area contributed by atoms with Crippen LogP contribution in [0.15, 0.2) is 10.9 Å². The van der Waals surface area contributed by atoms with Crippen molar-refractivity contribution in [3.8, 4) is 0 Å². The molecule has 1 rings (SSSR count). The van der Waals surface area contributed by atoms with Gasteiger partial charge in [0.1, 0.15) is 0 Å². The molecule has 1 unspecified atom stereocenters. The van der Waals surface area contributed by atoms with Crippen LogP contribution < -0.4 is 0 Å². The number of hydrogen-bond acceptors (Lipinski definition) is 3. The molecule has 0 aromatic carbocycles. The maximum atomic E-state index is 4.89. The minimum absolute atomic E-state index is 0.607. The molecular weight excluding hydrogens is 140 g/mol. The van der Waals surface area contributed by atoms with Crippen LogP contribution in [-0.4, -0.2) is 10.1 Å². The first-order chi connectivity index (χ1) is 5.20. The Morgan fingerprint density at radius 1 is 1.45 bits per heavy atom. The lowest BCUT2D eigenvalue weighted by Crippen LogP contribution is -2.07. The molecule has 0 amide bonds. The molecule has 1 atom stereocenters. The summed E-state index contributed by atoms with van der Waals surface area (Å²) < 4.78 is 4.89. The van der Waals surface area contributed by atoms with Crippen LogP contribution in [-0.2, 0) is 6.42 Å². The van der Waals surface area contributed by atoms with Crippen molar-refractivity contribution in [2.45, 2.75) is 27.2 Å². The third kappa shape index (κ3) is 2.33. The molecule has 3 nitrogen and oxygen atoms in total. The van der Waals surface area contributed by atoms with Crippen LogP contribution in [0.2, 0.25) is 0 Å². The topological polar surface area (TPSA) is 38.9 Å². The van der Waals surface area contributed by atoms with Crippen molar-refractivity contribution in [2.75, 3.05) is 0 Å². The summed E-state index contributed by atoms with van der Waals surface area (Å²) in [5.74, 6) is 2.02. The van der Waals surface area contributed by atoms with Crippen molar-refractivity contribution in [1.29, 1.82) is 0 Å². The van der Waals surface area contributed by atoms with Crippen LogP contribution in [0.25, 0.3) is 0 Å². The van der Waals surface area contributed by atoms with Crippen molar-refractivity contribution >= 4 is 0 Å². The van der Waals surface area contributed by atoms with Crippen LogP contribution in [0.1, 0.15) is 26.7 Å². The zero-order valence-corrected chi connectivity index (χ0v) is 7.24. The van der Waals surface area contributed by atoms with E-state index in [9.17, 15) is 0 Å². The molecule has 0 saturated carbocycles. The van der Waals surface area contributed by atoms with Crippen molar-refractivity contribution < 1.29 is 4.52 Å². The highest BCUT2D eigenvalue weighted by Crippen LogP contribution is 2.14. The normalized spacial score (nSPS) is 13.8. The molecule has 1 aromatic rings. The van der Waals surface area contributed by atoms with E-state index in [1.165, 1.54) is 6.33 Å². The van der Waals surface area contributed by atoms with Gasteiger partial charge in [-0.3, -0.25) is 0 Å². The average molecular weight is 154 g/mol. The second kappa shape index (κ2) is 3.51. The molecule has 0 aliphatic rings. The Morgan fingerprint density at radius 3 is 2.64 bits per heavy atom. The van der Waals surface area contributed by atoms with Gasteiger partial charge in [0.15, 0.2) is 6.33 Å². The van der Waals surface area contributed by atoms with Gasteiger partial charge in [0.05, 0.1) is 0 Å². The molecule has 0 spiro atoms. The number of aromatic nitrogens is 2. The van der Waals surface area contributed by atoms with Gasteiger partial charge in [-0.15, -0.1) is 0 Å². The van der Waals surface area contributed by atoms with E-state index in [4.69, 9.17) is 4.52 Å². The number of rotatable bonds is 3. The van der Waals surface area contributed by atoms with E-state index < -0.39 is 0 Å². The predicted molar refractivity (Wildman–Crippen MR) is 42.0 cm³/mol.